The quantitative estimate of drug-likeness (QED) is 0.837. The molecule has 0 fully saturated rings. The van der Waals surface area contributed by atoms with Gasteiger partial charge in [-0.1, -0.05) is 0 Å². The molecule has 5 nitrogen and oxygen atoms in total. The summed E-state index contributed by atoms with van der Waals surface area (Å²) in [6.07, 6.45) is 0. The van der Waals surface area contributed by atoms with Crippen molar-refractivity contribution in [3.63, 3.8) is 0 Å². The predicted octanol–water partition coefficient (Wildman–Crippen LogP) is 0.818. The largest absolute Gasteiger partial charge is 0.325 e. The highest BCUT2D eigenvalue weighted by Gasteiger charge is 2.19. The number of nitriles is 1. The molecule has 20 heavy (non-hydrogen) atoms. The van der Waals surface area contributed by atoms with Crippen LogP contribution >= 0.6 is 0 Å². The van der Waals surface area contributed by atoms with Crippen molar-refractivity contribution in [2.75, 3.05) is 17.3 Å². The molecule has 2 N–H and O–H groups in total. The minimum Gasteiger partial charge on any atom is -0.325 e. The van der Waals surface area contributed by atoms with E-state index in [9.17, 15) is 12.6 Å². The highest BCUT2D eigenvalue weighted by Crippen LogP contribution is 2.13. The van der Waals surface area contributed by atoms with Gasteiger partial charge in [-0.15, -0.1) is 0 Å². The summed E-state index contributed by atoms with van der Waals surface area (Å²) < 4.78 is 35.9. The van der Waals surface area contributed by atoms with Gasteiger partial charge in [0.15, 0.2) is 9.84 Å². The third-order valence-corrected chi connectivity index (χ3v) is 6.17. The van der Waals surface area contributed by atoms with Crippen molar-refractivity contribution in [1.29, 1.82) is 5.26 Å². The Morgan fingerprint density at radius 3 is 2.30 bits per heavy atom. The number of sulfone groups is 1. The van der Waals surface area contributed by atoms with Crippen LogP contribution in [0.4, 0.5) is 0 Å². The number of benzene rings is 1. The molecule has 7 heteroatoms. The van der Waals surface area contributed by atoms with Gasteiger partial charge in [0.05, 0.1) is 22.3 Å². The number of nitrogens with zero attached hydrogens (tertiary/aromatic N) is 1. The van der Waals surface area contributed by atoms with Crippen LogP contribution in [0.15, 0.2) is 29.2 Å². The molecule has 0 aliphatic heterocycles. The molecule has 1 atom stereocenters. The lowest BCUT2D eigenvalue weighted by atomic mass is 10.1. The summed E-state index contributed by atoms with van der Waals surface area (Å²) in [5.41, 5.74) is 5.57. The lowest BCUT2D eigenvalue weighted by molar-refractivity contribution is 0.576. The van der Waals surface area contributed by atoms with E-state index in [1.807, 2.05) is 6.07 Å². The molecule has 0 bridgehead atoms. The molecule has 0 saturated heterocycles. The van der Waals surface area contributed by atoms with Crippen LogP contribution in [0.3, 0.4) is 0 Å². The fraction of sp³-hybridized carbons (Fsp3) is 0.462. The highest BCUT2D eigenvalue weighted by molar-refractivity contribution is 7.93. The van der Waals surface area contributed by atoms with Gasteiger partial charge in [0, 0.05) is 27.8 Å². The van der Waals surface area contributed by atoms with Crippen LogP contribution < -0.4 is 5.73 Å². The molecule has 0 radical (unpaired) electrons. The summed E-state index contributed by atoms with van der Waals surface area (Å²) in [6.45, 7) is 3.50. The average Bonchev–Trinajstić information content (AvgIpc) is 2.35. The summed E-state index contributed by atoms with van der Waals surface area (Å²) in [6, 6.07) is 7.61. The second kappa shape index (κ2) is 6.48. The number of hydrogen-bond donors (Lipinski definition) is 1. The van der Waals surface area contributed by atoms with E-state index in [4.69, 9.17) is 11.0 Å². The van der Waals surface area contributed by atoms with Crippen LogP contribution in [0.5, 0.6) is 0 Å². The molecule has 1 aromatic carbocycles. The van der Waals surface area contributed by atoms with Gasteiger partial charge in [-0.25, -0.2) is 8.42 Å². The van der Waals surface area contributed by atoms with Crippen LogP contribution in [0, 0.1) is 11.3 Å². The van der Waals surface area contributed by atoms with Crippen molar-refractivity contribution in [1.82, 2.24) is 0 Å². The molecule has 1 unspecified atom stereocenters. The van der Waals surface area contributed by atoms with Gasteiger partial charge >= 0.3 is 0 Å². The van der Waals surface area contributed by atoms with Crippen molar-refractivity contribution < 1.29 is 12.6 Å². The summed E-state index contributed by atoms with van der Waals surface area (Å²) >= 11 is 0. The van der Waals surface area contributed by atoms with Crippen molar-refractivity contribution in [3.8, 4) is 6.07 Å². The van der Waals surface area contributed by atoms with E-state index < -0.39 is 26.2 Å². The number of hydrogen-bond acceptors (Lipinski definition) is 5. The van der Waals surface area contributed by atoms with Gasteiger partial charge in [-0.3, -0.25) is 4.21 Å². The first-order valence-electron chi connectivity index (χ1n) is 6.01. The van der Waals surface area contributed by atoms with E-state index in [1.54, 1.807) is 13.8 Å². The zero-order chi connectivity index (χ0) is 15.4. The lowest BCUT2D eigenvalue weighted by Gasteiger charge is -2.17. The Morgan fingerprint density at radius 2 is 1.85 bits per heavy atom. The van der Waals surface area contributed by atoms with E-state index in [-0.39, 0.29) is 22.2 Å². The zero-order valence-corrected chi connectivity index (χ0v) is 13.1. The van der Waals surface area contributed by atoms with Crippen molar-refractivity contribution in [2.24, 2.45) is 5.73 Å². The van der Waals surface area contributed by atoms with Gasteiger partial charge in [0.2, 0.25) is 0 Å². The topological polar surface area (TPSA) is 101 Å². The average molecular weight is 314 g/mol. The summed E-state index contributed by atoms with van der Waals surface area (Å²) in [4.78, 5) is 0.139. The predicted molar refractivity (Wildman–Crippen MR) is 79.4 cm³/mol. The standard InChI is InChI=1S/C13H18N2O3S2/c1-13(2,15)10-19(16)7-8-20(17,18)12-5-3-11(9-14)4-6-12/h3-6H,7-8,10,15H2,1-2H3. The van der Waals surface area contributed by atoms with E-state index >= 15 is 0 Å². The van der Waals surface area contributed by atoms with Gasteiger partial charge < -0.3 is 5.73 Å². The second-order valence-electron chi connectivity index (χ2n) is 5.23. The van der Waals surface area contributed by atoms with Crippen molar-refractivity contribution in [3.05, 3.63) is 29.8 Å². The third kappa shape index (κ3) is 5.41. The summed E-state index contributed by atoms with van der Waals surface area (Å²) in [5, 5.41) is 8.66. The Hall–Kier alpha value is -1.23. The monoisotopic (exact) mass is 314 g/mol. The molecule has 110 valence electrons. The molecule has 0 spiro atoms. The van der Waals surface area contributed by atoms with Gasteiger partial charge in [0.25, 0.3) is 0 Å². The summed E-state index contributed by atoms with van der Waals surface area (Å²) in [7, 11) is -4.75. The highest BCUT2D eigenvalue weighted by atomic mass is 32.2. The molecule has 0 aliphatic rings. The zero-order valence-electron chi connectivity index (χ0n) is 11.5. The summed E-state index contributed by atoms with van der Waals surface area (Å²) in [5.74, 6) is 0.125. The second-order valence-corrected chi connectivity index (χ2v) is 8.92. The van der Waals surface area contributed by atoms with E-state index in [0.717, 1.165) is 0 Å². The van der Waals surface area contributed by atoms with E-state index in [1.165, 1.54) is 24.3 Å². The maximum absolute atomic E-state index is 12.1. The number of nitrogens with two attached hydrogens (primary N) is 1. The van der Waals surface area contributed by atoms with E-state index in [0.29, 0.717) is 5.56 Å². The van der Waals surface area contributed by atoms with Crippen molar-refractivity contribution >= 4 is 20.6 Å². The molecule has 1 aromatic rings. The van der Waals surface area contributed by atoms with Crippen LogP contribution in [-0.2, 0) is 20.6 Å². The minimum absolute atomic E-state index is 0.0585. The SMILES string of the molecule is CC(C)(N)CS(=O)CCS(=O)(=O)c1ccc(C#N)cc1. The van der Waals surface area contributed by atoms with Crippen LogP contribution in [0.25, 0.3) is 0 Å². The molecular weight excluding hydrogens is 296 g/mol. The normalized spacial score (nSPS) is 13.7. The van der Waals surface area contributed by atoms with Crippen LogP contribution in [0.2, 0.25) is 0 Å². The first kappa shape index (κ1) is 16.8. The maximum Gasteiger partial charge on any atom is 0.179 e. The Bertz CT molecular complexity index is 623. The molecule has 1 rings (SSSR count). The minimum atomic E-state index is -3.48. The van der Waals surface area contributed by atoms with E-state index in [2.05, 4.69) is 0 Å². The molecule has 0 heterocycles. The molecule has 0 saturated carbocycles. The van der Waals surface area contributed by atoms with Crippen molar-refractivity contribution in [2.45, 2.75) is 24.3 Å². The molecule has 0 aromatic heterocycles. The fourth-order valence-electron chi connectivity index (χ4n) is 1.54. The Kier molecular flexibility index (Phi) is 5.45. The number of rotatable bonds is 6. The van der Waals surface area contributed by atoms with Gasteiger partial charge in [-0.05, 0) is 38.1 Å². The maximum atomic E-state index is 12.1. The Labute approximate surface area is 122 Å². The third-order valence-electron chi connectivity index (χ3n) is 2.46. The Balaban J connectivity index is 2.71. The first-order valence-corrected chi connectivity index (χ1v) is 9.15. The van der Waals surface area contributed by atoms with Gasteiger partial charge in [0.1, 0.15) is 0 Å². The fourth-order valence-corrected chi connectivity index (χ4v) is 4.93. The molecule has 0 aliphatic carbocycles. The first-order chi connectivity index (χ1) is 9.14. The molecule has 0 amide bonds. The lowest BCUT2D eigenvalue weighted by Crippen LogP contribution is -2.39. The molecular formula is C13H18N2O3S2. The van der Waals surface area contributed by atoms with Crippen LogP contribution in [-0.4, -0.2) is 35.4 Å². The van der Waals surface area contributed by atoms with Crippen LogP contribution in [0.1, 0.15) is 19.4 Å². The smallest absolute Gasteiger partial charge is 0.179 e. The Morgan fingerprint density at radius 1 is 1.30 bits per heavy atom. The van der Waals surface area contributed by atoms with Gasteiger partial charge in [-0.2, -0.15) is 5.26 Å².